The Labute approximate surface area is 155 Å². The molecule has 0 unspecified atom stereocenters. The summed E-state index contributed by atoms with van der Waals surface area (Å²) in [6.45, 7) is 5.25. The topological polar surface area (TPSA) is 99.1 Å². The third kappa shape index (κ3) is 3.33. The van der Waals surface area contributed by atoms with Gasteiger partial charge in [-0.2, -0.15) is 0 Å². The van der Waals surface area contributed by atoms with E-state index in [4.69, 9.17) is 11.5 Å². The van der Waals surface area contributed by atoms with Gasteiger partial charge in [0.25, 0.3) is 0 Å². The average Bonchev–Trinajstić information content (AvgIpc) is 2.86. The lowest BCUT2D eigenvalue weighted by Gasteiger charge is -2.47. The van der Waals surface area contributed by atoms with Gasteiger partial charge in [-0.15, -0.1) is 0 Å². The Morgan fingerprint density at radius 2 is 2.04 bits per heavy atom. The zero-order valence-electron chi connectivity index (χ0n) is 16.0. The van der Waals surface area contributed by atoms with Crippen molar-refractivity contribution < 1.29 is 9.90 Å². The van der Waals surface area contributed by atoms with Gasteiger partial charge in [-0.25, -0.2) is 9.80 Å². The Balaban J connectivity index is 1.87. The molecule has 0 radical (unpaired) electrons. The van der Waals surface area contributed by atoms with Gasteiger partial charge in [0.2, 0.25) is 0 Å². The summed E-state index contributed by atoms with van der Waals surface area (Å²) in [4.78, 5) is 13.8. The summed E-state index contributed by atoms with van der Waals surface area (Å²) in [6.07, 6.45) is 2.92. The number of hydrogen-bond donors (Lipinski definition) is 3. The number of hydrazine groups is 1. The molecule has 1 heterocycles. The predicted octanol–water partition coefficient (Wildman–Crippen LogP) is 2.46. The summed E-state index contributed by atoms with van der Waals surface area (Å²) in [5.74, 6) is 0. The van der Waals surface area contributed by atoms with Crippen LogP contribution in [0.2, 0.25) is 0 Å². The fraction of sp³-hybridized carbons (Fsp3) is 0.632. The molecule has 5 N–H and O–H groups in total. The fourth-order valence-corrected chi connectivity index (χ4v) is 4.46. The molecule has 2 atom stereocenters. The number of carbonyl (C=O) groups is 1. The number of benzene rings is 1. The van der Waals surface area contributed by atoms with Crippen molar-refractivity contribution in [2.24, 2.45) is 5.73 Å². The zero-order chi connectivity index (χ0) is 19.1. The van der Waals surface area contributed by atoms with Gasteiger partial charge >= 0.3 is 6.09 Å². The monoisotopic (exact) mass is 361 g/mol. The van der Waals surface area contributed by atoms with Crippen molar-refractivity contribution in [3.8, 4) is 0 Å². The molecule has 1 aliphatic heterocycles. The minimum atomic E-state index is -0.896. The molecule has 7 heteroatoms. The maximum absolute atomic E-state index is 12.2. The summed E-state index contributed by atoms with van der Waals surface area (Å²) in [7, 11) is 2.01. The fourth-order valence-electron chi connectivity index (χ4n) is 4.46. The van der Waals surface area contributed by atoms with E-state index in [0.29, 0.717) is 6.54 Å². The van der Waals surface area contributed by atoms with E-state index in [9.17, 15) is 9.90 Å². The minimum absolute atomic E-state index is 0.0987. The molecule has 7 nitrogen and oxygen atoms in total. The standard InChI is InChI=1S/C19H31N5O2/c1-19(2,24(18(25)26)17-9-5-4-7-15(17)21)12-23-16-10-6-8-14(20)13(16)11-22(23)3/h6,8,10,15,17H,4-5,7,9,11-12,20-21H2,1-3H3,(H,25,26)/t15-,17+/m1/s1. The minimum Gasteiger partial charge on any atom is -0.465 e. The Morgan fingerprint density at radius 3 is 2.69 bits per heavy atom. The maximum atomic E-state index is 12.2. The lowest BCUT2D eigenvalue weighted by atomic mass is 9.87. The molecule has 0 saturated heterocycles. The van der Waals surface area contributed by atoms with Gasteiger partial charge in [-0.3, -0.25) is 4.90 Å². The van der Waals surface area contributed by atoms with Crippen LogP contribution in [0.15, 0.2) is 18.2 Å². The first kappa shape index (κ1) is 18.8. The van der Waals surface area contributed by atoms with Crippen LogP contribution in [0.1, 0.15) is 45.1 Å². The molecule has 1 aromatic rings. The van der Waals surface area contributed by atoms with Gasteiger partial charge in [0.15, 0.2) is 0 Å². The normalized spacial score (nSPS) is 23.8. The van der Waals surface area contributed by atoms with Gasteiger partial charge < -0.3 is 21.6 Å². The number of hydrogen-bond acceptors (Lipinski definition) is 5. The van der Waals surface area contributed by atoms with Gasteiger partial charge in [-0.1, -0.05) is 18.9 Å². The summed E-state index contributed by atoms with van der Waals surface area (Å²) < 4.78 is 0. The van der Waals surface area contributed by atoms with Crippen molar-refractivity contribution >= 4 is 17.5 Å². The van der Waals surface area contributed by atoms with Crippen molar-refractivity contribution in [3.63, 3.8) is 0 Å². The van der Waals surface area contributed by atoms with E-state index >= 15 is 0 Å². The number of nitrogen functional groups attached to an aromatic ring is 1. The molecule has 0 spiro atoms. The number of nitrogens with zero attached hydrogens (tertiary/aromatic N) is 3. The molecule has 0 bridgehead atoms. The van der Waals surface area contributed by atoms with Gasteiger partial charge in [0, 0.05) is 30.9 Å². The first-order valence-corrected chi connectivity index (χ1v) is 9.36. The van der Waals surface area contributed by atoms with Crippen LogP contribution in [-0.4, -0.2) is 52.3 Å². The molecule has 2 aliphatic rings. The highest BCUT2D eigenvalue weighted by Crippen LogP contribution is 2.37. The number of rotatable bonds is 4. The number of nitrogens with two attached hydrogens (primary N) is 2. The highest BCUT2D eigenvalue weighted by molar-refractivity contribution is 5.69. The van der Waals surface area contributed by atoms with Crippen LogP contribution in [0.25, 0.3) is 0 Å². The summed E-state index contributed by atoms with van der Waals surface area (Å²) in [6, 6.07) is 5.66. The van der Waals surface area contributed by atoms with Crippen LogP contribution in [0.5, 0.6) is 0 Å². The molecule has 1 aliphatic carbocycles. The number of anilines is 2. The average molecular weight is 361 g/mol. The third-order valence-electron chi connectivity index (χ3n) is 5.77. The van der Waals surface area contributed by atoms with Gasteiger partial charge in [-0.05, 0) is 38.8 Å². The highest BCUT2D eigenvalue weighted by atomic mass is 16.4. The third-order valence-corrected chi connectivity index (χ3v) is 5.77. The lowest BCUT2D eigenvalue weighted by Crippen LogP contribution is -2.63. The molecule has 1 aromatic carbocycles. The molecule has 144 valence electrons. The number of amides is 1. The molecule has 0 aromatic heterocycles. The number of fused-ring (bicyclic) bond motifs is 1. The zero-order valence-corrected chi connectivity index (χ0v) is 16.0. The van der Waals surface area contributed by atoms with Crippen LogP contribution in [0.4, 0.5) is 16.2 Å². The van der Waals surface area contributed by atoms with Gasteiger partial charge in [0.05, 0.1) is 23.8 Å². The Morgan fingerprint density at radius 1 is 1.35 bits per heavy atom. The predicted molar refractivity (Wildman–Crippen MR) is 104 cm³/mol. The van der Waals surface area contributed by atoms with E-state index in [1.165, 1.54) is 0 Å². The summed E-state index contributed by atoms with van der Waals surface area (Å²) in [5.41, 5.74) is 14.8. The lowest BCUT2D eigenvalue weighted by molar-refractivity contribution is 0.0392. The van der Waals surface area contributed by atoms with E-state index in [2.05, 4.69) is 10.0 Å². The second-order valence-corrected chi connectivity index (χ2v) is 8.20. The van der Waals surface area contributed by atoms with Crippen molar-refractivity contribution in [2.45, 2.75) is 63.7 Å². The SMILES string of the molecule is CN1Cc2c(N)cccc2N1CC(C)(C)N(C(=O)O)[C@H]1CCCC[C@H]1N. The van der Waals surface area contributed by atoms with E-state index < -0.39 is 11.6 Å². The van der Waals surface area contributed by atoms with Crippen LogP contribution in [0.3, 0.4) is 0 Å². The van der Waals surface area contributed by atoms with Crippen LogP contribution < -0.4 is 16.5 Å². The van der Waals surface area contributed by atoms with Crippen molar-refractivity contribution in [1.82, 2.24) is 9.91 Å². The summed E-state index contributed by atoms with van der Waals surface area (Å²) >= 11 is 0. The smallest absolute Gasteiger partial charge is 0.408 e. The molecular weight excluding hydrogens is 330 g/mol. The Hall–Kier alpha value is -1.99. The van der Waals surface area contributed by atoms with Crippen molar-refractivity contribution in [3.05, 3.63) is 23.8 Å². The van der Waals surface area contributed by atoms with Crippen LogP contribution >= 0.6 is 0 Å². The van der Waals surface area contributed by atoms with Gasteiger partial charge in [0.1, 0.15) is 0 Å². The first-order chi connectivity index (χ1) is 12.2. The molecular formula is C19H31N5O2. The Bertz CT molecular complexity index is 678. The van der Waals surface area contributed by atoms with Crippen LogP contribution in [-0.2, 0) is 6.54 Å². The highest BCUT2D eigenvalue weighted by Gasteiger charge is 2.42. The molecule has 26 heavy (non-hydrogen) atoms. The van der Waals surface area contributed by atoms with E-state index in [1.54, 1.807) is 4.90 Å². The van der Waals surface area contributed by atoms with E-state index in [1.807, 2.05) is 39.1 Å². The van der Waals surface area contributed by atoms with E-state index in [-0.39, 0.29) is 12.1 Å². The second-order valence-electron chi connectivity index (χ2n) is 8.20. The van der Waals surface area contributed by atoms with E-state index in [0.717, 1.165) is 49.2 Å². The second kappa shape index (κ2) is 6.96. The number of carboxylic acid groups (broad SMARTS) is 1. The Kier molecular flexibility index (Phi) is 5.03. The van der Waals surface area contributed by atoms with Crippen molar-refractivity contribution in [1.29, 1.82) is 0 Å². The molecule has 1 amide bonds. The largest absolute Gasteiger partial charge is 0.465 e. The molecule has 1 fully saturated rings. The molecule has 3 rings (SSSR count). The molecule has 1 saturated carbocycles. The first-order valence-electron chi connectivity index (χ1n) is 9.36. The van der Waals surface area contributed by atoms with Crippen molar-refractivity contribution in [2.75, 3.05) is 24.3 Å². The van der Waals surface area contributed by atoms with Crippen LogP contribution in [0, 0.1) is 0 Å². The quantitative estimate of drug-likeness (QED) is 0.713. The summed E-state index contributed by atoms with van der Waals surface area (Å²) in [5, 5.41) is 14.2. The maximum Gasteiger partial charge on any atom is 0.408 e.